The van der Waals surface area contributed by atoms with Crippen molar-refractivity contribution >= 4 is 0 Å². The molecule has 0 aromatic carbocycles. The minimum absolute atomic E-state index is 0.878. The van der Waals surface area contributed by atoms with Gasteiger partial charge in [-0.05, 0) is 61.5 Å². The second-order valence-corrected chi connectivity index (χ2v) is 7.37. The Balaban J connectivity index is 1.63. The zero-order valence-corrected chi connectivity index (χ0v) is 13.1. The number of hydrogen-bond donors (Lipinski definition) is 0. The lowest BCUT2D eigenvalue weighted by molar-refractivity contribution is 0.405. The third kappa shape index (κ3) is 3.24. The van der Waals surface area contributed by atoms with Crippen molar-refractivity contribution in [3.05, 3.63) is 29.6 Å². The lowest BCUT2D eigenvalue weighted by atomic mass is 9.91. The van der Waals surface area contributed by atoms with Crippen molar-refractivity contribution in [2.75, 3.05) is 0 Å². The van der Waals surface area contributed by atoms with Crippen LogP contribution >= 0.6 is 0 Å². The highest BCUT2D eigenvalue weighted by atomic mass is 14.7. The summed E-state index contributed by atoms with van der Waals surface area (Å²) in [7, 11) is 0. The van der Waals surface area contributed by atoms with Crippen LogP contribution in [0.5, 0.6) is 0 Å². The zero-order valence-electron chi connectivity index (χ0n) is 13.1. The third-order valence-electron chi connectivity index (χ3n) is 5.89. The van der Waals surface area contributed by atoms with Gasteiger partial charge in [-0.3, -0.25) is 4.98 Å². The van der Waals surface area contributed by atoms with E-state index in [-0.39, 0.29) is 0 Å². The topological polar surface area (TPSA) is 12.9 Å². The largest absolute Gasteiger partial charge is 0.258 e. The fourth-order valence-electron chi connectivity index (χ4n) is 4.34. The standard InChI is InChI=1S/C19H29N/c1-14-6-3-8-16(14)12-18-10-5-11-19(20-18)13-17-9-4-7-15(17)2/h5,10-11,14-17H,3-4,6-9,12-13H2,1-2H3. The van der Waals surface area contributed by atoms with Crippen molar-refractivity contribution in [3.63, 3.8) is 0 Å². The van der Waals surface area contributed by atoms with Gasteiger partial charge in [0.25, 0.3) is 0 Å². The normalized spacial score (nSPS) is 33.7. The van der Waals surface area contributed by atoms with Gasteiger partial charge in [-0.15, -0.1) is 0 Å². The molecule has 2 saturated carbocycles. The molecule has 1 nitrogen and oxygen atoms in total. The summed E-state index contributed by atoms with van der Waals surface area (Å²) in [5.74, 6) is 3.55. The number of aromatic nitrogens is 1. The fourth-order valence-corrected chi connectivity index (χ4v) is 4.34. The number of hydrogen-bond acceptors (Lipinski definition) is 1. The minimum Gasteiger partial charge on any atom is -0.258 e. The summed E-state index contributed by atoms with van der Waals surface area (Å²) in [6.45, 7) is 4.84. The van der Waals surface area contributed by atoms with Gasteiger partial charge >= 0.3 is 0 Å². The number of pyridine rings is 1. The Labute approximate surface area is 124 Å². The van der Waals surface area contributed by atoms with E-state index in [0.29, 0.717) is 0 Å². The summed E-state index contributed by atoms with van der Waals surface area (Å²) in [6.07, 6.45) is 10.9. The Morgan fingerprint density at radius 3 is 1.75 bits per heavy atom. The molecule has 2 aliphatic carbocycles. The maximum Gasteiger partial charge on any atom is 0.0409 e. The molecule has 3 rings (SSSR count). The first kappa shape index (κ1) is 14.1. The predicted octanol–water partition coefficient (Wildman–Crippen LogP) is 5.04. The highest BCUT2D eigenvalue weighted by molar-refractivity contribution is 5.13. The van der Waals surface area contributed by atoms with Crippen molar-refractivity contribution in [1.82, 2.24) is 4.98 Å². The van der Waals surface area contributed by atoms with Gasteiger partial charge in [0.1, 0.15) is 0 Å². The van der Waals surface area contributed by atoms with Crippen molar-refractivity contribution in [1.29, 1.82) is 0 Å². The molecule has 110 valence electrons. The van der Waals surface area contributed by atoms with Crippen LogP contribution < -0.4 is 0 Å². The van der Waals surface area contributed by atoms with E-state index in [1.54, 1.807) is 0 Å². The predicted molar refractivity (Wildman–Crippen MR) is 84.7 cm³/mol. The first-order chi connectivity index (χ1) is 9.72. The van der Waals surface area contributed by atoms with Crippen LogP contribution in [0.3, 0.4) is 0 Å². The molecule has 0 radical (unpaired) electrons. The van der Waals surface area contributed by atoms with E-state index in [1.807, 2.05) is 0 Å². The molecular formula is C19H29N. The van der Waals surface area contributed by atoms with Crippen LogP contribution in [0.25, 0.3) is 0 Å². The molecule has 4 atom stereocenters. The van der Waals surface area contributed by atoms with Crippen molar-refractivity contribution in [3.8, 4) is 0 Å². The second kappa shape index (κ2) is 6.28. The molecule has 0 N–H and O–H groups in total. The Hall–Kier alpha value is -0.850. The SMILES string of the molecule is CC1CCCC1Cc1cccc(CC2CCCC2C)n1. The molecule has 0 spiro atoms. The maximum atomic E-state index is 4.97. The molecule has 1 heterocycles. The smallest absolute Gasteiger partial charge is 0.0409 e. The lowest BCUT2D eigenvalue weighted by Gasteiger charge is -2.17. The summed E-state index contributed by atoms with van der Waals surface area (Å²) in [6, 6.07) is 6.72. The maximum absolute atomic E-state index is 4.97. The third-order valence-corrected chi connectivity index (χ3v) is 5.89. The van der Waals surface area contributed by atoms with Gasteiger partial charge in [-0.1, -0.05) is 45.6 Å². The van der Waals surface area contributed by atoms with E-state index in [2.05, 4.69) is 32.0 Å². The van der Waals surface area contributed by atoms with Crippen LogP contribution in [0.15, 0.2) is 18.2 Å². The summed E-state index contributed by atoms with van der Waals surface area (Å²) in [4.78, 5) is 4.97. The van der Waals surface area contributed by atoms with Crippen LogP contribution in [0, 0.1) is 23.7 Å². The molecule has 4 unspecified atom stereocenters. The van der Waals surface area contributed by atoms with Crippen LogP contribution in [-0.4, -0.2) is 4.98 Å². The summed E-state index contributed by atoms with van der Waals surface area (Å²) in [5.41, 5.74) is 2.68. The first-order valence-electron chi connectivity index (χ1n) is 8.67. The molecule has 2 aliphatic rings. The average Bonchev–Trinajstić information content (AvgIpc) is 3.01. The molecular weight excluding hydrogens is 242 g/mol. The summed E-state index contributed by atoms with van der Waals surface area (Å²) >= 11 is 0. The van der Waals surface area contributed by atoms with E-state index in [0.717, 1.165) is 23.7 Å². The van der Waals surface area contributed by atoms with Crippen LogP contribution in [0.4, 0.5) is 0 Å². The molecule has 0 aliphatic heterocycles. The van der Waals surface area contributed by atoms with Gasteiger partial charge in [0.15, 0.2) is 0 Å². The molecule has 1 aromatic heterocycles. The first-order valence-corrected chi connectivity index (χ1v) is 8.67. The van der Waals surface area contributed by atoms with E-state index < -0.39 is 0 Å². The molecule has 0 saturated heterocycles. The Morgan fingerprint density at radius 1 is 0.850 bits per heavy atom. The molecule has 1 heteroatoms. The van der Waals surface area contributed by atoms with Crippen LogP contribution in [-0.2, 0) is 12.8 Å². The van der Waals surface area contributed by atoms with Crippen molar-refractivity contribution < 1.29 is 0 Å². The summed E-state index contributed by atoms with van der Waals surface area (Å²) < 4.78 is 0. The van der Waals surface area contributed by atoms with Gasteiger partial charge < -0.3 is 0 Å². The Bertz CT molecular complexity index is 402. The zero-order chi connectivity index (χ0) is 13.9. The average molecular weight is 271 g/mol. The highest BCUT2D eigenvalue weighted by Gasteiger charge is 2.25. The molecule has 2 fully saturated rings. The van der Waals surface area contributed by atoms with Crippen LogP contribution in [0.2, 0.25) is 0 Å². The van der Waals surface area contributed by atoms with E-state index in [9.17, 15) is 0 Å². The molecule has 1 aromatic rings. The van der Waals surface area contributed by atoms with E-state index in [4.69, 9.17) is 4.98 Å². The molecule has 20 heavy (non-hydrogen) atoms. The Kier molecular flexibility index (Phi) is 4.43. The highest BCUT2D eigenvalue weighted by Crippen LogP contribution is 2.35. The molecule has 0 bridgehead atoms. The summed E-state index contributed by atoms with van der Waals surface area (Å²) in [5, 5.41) is 0. The number of nitrogens with zero attached hydrogens (tertiary/aromatic N) is 1. The lowest BCUT2D eigenvalue weighted by Crippen LogP contribution is -2.12. The van der Waals surface area contributed by atoms with Crippen molar-refractivity contribution in [2.24, 2.45) is 23.7 Å². The van der Waals surface area contributed by atoms with Crippen LogP contribution in [0.1, 0.15) is 63.8 Å². The van der Waals surface area contributed by atoms with E-state index in [1.165, 1.54) is 62.8 Å². The van der Waals surface area contributed by atoms with Crippen molar-refractivity contribution in [2.45, 2.75) is 65.2 Å². The molecule has 0 amide bonds. The van der Waals surface area contributed by atoms with Gasteiger partial charge in [0, 0.05) is 11.4 Å². The van der Waals surface area contributed by atoms with Gasteiger partial charge in [-0.25, -0.2) is 0 Å². The second-order valence-electron chi connectivity index (χ2n) is 7.37. The Morgan fingerprint density at radius 2 is 1.35 bits per heavy atom. The van der Waals surface area contributed by atoms with Gasteiger partial charge in [0.2, 0.25) is 0 Å². The minimum atomic E-state index is 0.878. The monoisotopic (exact) mass is 271 g/mol. The van der Waals surface area contributed by atoms with Gasteiger partial charge in [0.05, 0.1) is 0 Å². The van der Waals surface area contributed by atoms with E-state index >= 15 is 0 Å². The van der Waals surface area contributed by atoms with Gasteiger partial charge in [-0.2, -0.15) is 0 Å². The quantitative estimate of drug-likeness (QED) is 0.747. The number of rotatable bonds is 4. The fraction of sp³-hybridized carbons (Fsp3) is 0.737.